The lowest BCUT2D eigenvalue weighted by molar-refractivity contribution is 0.156. The van der Waals surface area contributed by atoms with Crippen LogP contribution in [0.3, 0.4) is 0 Å². The fourth-order valence-corrected chi connectivity index (χ4v) is 5.56. The van der Waals surface area contributed by atoms with Crippen molar-refractivity contribution in [1.82, 2.24) is 14.9 Å². The first-order valence-electron chi connectivity index (χ1n) is 7.60. The van der Waals surface area contributed by atoms with E-state index in [-0.39, 0.29) is 10.7 Å². The second kappa shape index (κ2) is 5.12. The maximum absolute atomic E-state index is 12.1. The Hall–Kier alpha value is -0.770. The van der Waals surface area contributed by atoms with Crippen molar-refractivity contribution in [3.63, 3.8) is 0 Å². The van der Waals surface area contributed by atoms with Crippen LogP contribution >= 0.6 is 11.3 Å². The van der Waals surface area contributed by atoms with Crippen molar-refractivity contribution in [3.05, 3.63) is 5.01 Å². The molecule has 2 atom stereocenters. The van der Waals surface area contributed by atoms with Gasteiger partial charge in [0.15, 0.2) is 0 Å². The third-order valence-corrected chi connectivity index (χ3v) is 7.69. The van der Waals surface area contributed by atoms with E-state index in [1.165, 1.54) is 0 Å². The standard InChI is InChI=1S/C13H20N4O3S2/c1-9-15-16-12(21-9)17-4-10-5-20-8-13(10,7-17)6-14-22(18,19)11-2-3-11/h10-11,14H,2-8H2,1H3/t10-,13+/m0/s1. The Labute approximate surface area is 134 Å². The summed E-state index contributed by atoms with van der Waals surface area (Å²) in [5.41, 5.74) is -0.137. The van der Waals surface area contributed by atoms with Crippen LogP contribution in [0.2, 0.25) is 0 Å². The average molecular weight is 344 g/mol. The largest absolute Gasteiger partial charge is 0.380 e. The van der Waals surface area contributed by atoms with Crippen molar-refractivity contribution in [2.24, 2.45) is 11.3 Å². The molecule has 1 N–H and O–H groups in total. The molecule has 0 spiro atoms. The van der Waals surface area contributed by atoms with Gasteiger partial charge in [0.25, 0.3) is 0 Å². The van der Waals surface area contributed by atoms with Gasteiger partial charge in [-0.3, -0.25) is 0 Å². The summed E-state index contributed by atoms with van der Waals surface area (Å²) >= 11 is 1.59. The minimum absolute atomic E-state index is 0.137. The normalized spacial score (nSPS) is 31.7. The zero-order valence-corrected chi connectivity index (χ0v) is 14.1. The molecule has 9 heteroatoms. The highest BCUT2D eigenvalue weighted by Gasteiger charge is 2.52. The van der Waals surface area contributed by atoms with Gasteiger partial charge in [-0.15, -0.1) is 10.2 Å². The van der Waals surface area contributed by atoms with Gasteiger partial charge in [-0.1, -0.05) is 11.3 Å². The molecule has 3 fully saturated rings. The van der Waals surface area contributed by atoms with Crippen molar-refractivity contribution >= 4 is 26.5 Å². The summed E-state index contributed by atoms with van der Waals surface area (Å²) in [4.78, 5) is 2.23. The molecule has 7 nitrogen and oxygen atoms in total. The molecule has 0 aromatic carbocycles. The van der Waals surface area contributed by atoms with Crippen LogP contribution in [-0.2, 0) is 14.8 Å². The Morgan fingerprint density at radius 2 is 2.27 bits per heavy atom. The molecule has 1 aromatic rings. The van der Waals surface area contributed by atoms with Gasteiger partial charge >= 0.3 is 0 Å². The number of fused-ring (bicyclic) bond motifs is 1. The SMILES string of the molecule is Cc1nnc(N2C[C@H]3COC[C@@]3(CNS(=O)(=O)C3CC3)C2)s1. The number of hydrogen-bond acceptors (Lipinski definition) is 7. The van der Waals surface area contributed by atoms with Crippen LogP contribution < -0.4 is 9.62 Å². The van der Waals surface area contributed by atoms with E-state index in [9.17, 15) is 8.42 Å². The van der Waals surface area contributed by atoms with E-state index < -0.39 is 10.0 Å². The highest BCUT2D eigenvalue weighted by molar-refractivity contribution is 7.90. The number of hydrogen-bond donors (Lipinski definition) is 1. The molecule has 0 radical (unpaired) electrons. The van der Waals surface area contributed by atoms with Crippen molar-refractivity contribution in [2.75, 3.05) is 37.7 Å². The highest BCUT2D eigenvalue weighted by Crippen LogP contribution is 2.43. The summed E-state index contributed by atoms with van der Waals surface area (Å²) in [5.74, 6) is 0.346. The van der Waals surface area contributed by atoms with Gasteiger partial charge in [0, 0.05) is 31.0 Å². The molecular weight excluding hydrogens is 324 g/mol. The highest BCUT2D eigenvalue weighted by atomic mass is 32.2. The molecule has 0 amide bonds. The number of aromatic nitrogens is 2. The van der Waals surface area contributed by atoms with Crippen LogP contribution in [0, 0.1) is 18.3 Å². The lowest BCUT2D eigenvalue weighted by atomic mass is 9.81. The lowest BCUT2D eigenvalue weighted by Gasteiger charge is -2.27. The molecule has 0 unspecified atom stereocenters. The number of nitrogens with zero attached hydrogens (tertiary/aromatic N) is 3. The van der Waals surface area contributed by atoms with Gasteiger partial charge in [0.2, 0.25) is 15.2 Å². The number of sulfonamides is 1. The van der Waals surface area contributed by atoms with Crippen molar-refractivity contribution in [1.29, 1.82) is 0 Å². The van der Waals surface area contributed by atoms with Gasteiger partial charge in [-0.2, -0.15) is 0 Å². The maximum Gasteiger partial charge on any atom is 0.214 e. The smallest absolute Gasteiger partial charge is 0.214 e. The fourth-order valence-electron chi connectivity index (χ4n) is 3.38. The van der Waals surface area contributed by atoms with Gasteiger partial charge in [-0.05, 0) is 19.8 Å². The number of anilines is 1. The lowest BCUT2D eigenvalue weighted by Crippen LogP contribution is -2.44. The van der Waals surface area contributed by atoms with Gasteiger partial charge in [0.05, 0.1) is 18.5 Å². The molecule has 0 bridgehead atoms. The van der Waals surface area contributed by atoms with Gasteiger partial charge in [-0.25, -0.2) is 13.1 Å². The summed E-state index contributed by atoms with van der Waals surface area (Å²) in [6.45, 7) is 5.35. The molecular formula is C13H20N4O3S2. The summed E-state index contributed by atoms with van der Waals surface area (Å²) in [5, 5.41) is 10.0. The summed E-state index contributed by atoms with van der Waals surface area (Å²) in [6, 6.07) is 0. The molecule has 2 saturated heterocycles. The maximum atomic E-state index is 12.1. The van der Waals surface area contributed by atoms with E-state index >= 15 is 0 Å². The molecule has 1 aromatic heterocycles. The molecule has 3 heterocycles. The monoisotopic (exact) mass is 344 g/mol. The van der Waals surface area contributed by atoms with E-state index in [0.29, 0.717) is 25.7 Å². The molecule has 3 aliphatic rings. The second-order valence-corrected chi connectivity index (χ2v) is 9.83. The first kappa shape index (κ1) is 14.8. The topological polar surface area (TPSA) is 84.4 Å². The molecule has 22 heavy (non-hydrogen) atoms. The van der Waals surface area contributed by atoms with Crippen LogP contribution in [0.4, 0.5) is 5.13 Å². The summed E-state index contributed by atoms with van der Waals surface area (Å²) in [6.07, 6.45) is 1.58. The first-order chi connectivity index (χ1) is 10.5. The van der Waals surface area contributed by atoms with Crippen LogP contribution in [0.5, 0.6) is 0 Å². The molecule has 2 aliphatic heterocycles. The molecule has 1 aliphatic carbocycles. The van der Waals surface area contributed by atoms with Gasteiger partial charge < -0.3 is 9.64 Å². The Bertz CT molecular complexity index is 673. The first-order valence-corrected chi connectivity index (χ1v) is 9.96. The third-order valence-electron chi connectivity index (χ3n) is 4.90. The summed E-state index contributed by atoms with van der Waals surface area (Å²) in [7, 11) is -3.15. The van der Waals surface area contributed by atoms with Crippen LogP contribution in [0.1, 0.15) is 17.8 Å². The van der Waals surface area contributed by atoms with Crippen molar-refractivity contribution < 1.29 is 13.2 Å². The van der Waals surface area contributed by atoms with Crippen molar-refractivity contribution in [3.8, 4) is 0 Å². The zero-order valence-electron chi connectivity index (χ0n) is 12.5. The molecule has 122 valence electrons. The Balaban J connectivity index is 1.49. The number of nitrogens with one attached hydrogen (secondary N) is 1. The number of ether oxygens (including phenoxy) is 1. The Morgan fingerprint density at radius 3 is 2.95 bits per heavy atom. The second-order valence-electron chi connectivity index (χ2n) is 6.62. The van der Waals surface area contributed by atoms with E-state index in [4.69, 9.17) is 4.74 Å². The van der Waals surface area contributed by atoms with Crippen LogP contribution in [0.25, 0.3) is 0 Å². The Morgan fingerprint density at radius 1 is 1.45 bits per heavy atom. The predicted molar refractivity (Wildman–Crippen MR) is 83.5 cm³/mol. The fraction of sp³-hybridized carbons (Fsp3) is 0.846. The van der Waals surface area contributed by atoms with E-state index in [1.54, 1.807) is 11.3 Å². The minimum Gasteiger partial charge on any atom is -0.380 e. The third kappa shape index (κ3) is 2.53. The molecule has 1 saturated carbocycles. The minimum atomic E-state index is -3.15. The average Bonchev–Trinajstić information content (AvgIpc) is 3.00. The molecule has 4 rings (SSSR count). The van der Waals surface area contributed by atoms with E-state index in [0.717, 1.165) is 36.1 Å². The van der Waals surface area contributed by atoms with Crippen LogP contribution in [-0.4, -0.2) is 56.7 Å². The quantitative estimate of drug-likeness (QED) is 0.831. The van der Waals surface area contributed by atoms with Crippen LogP contribution in [0.15, 0.2) is 0 Å². The predicted octanol–water partition coefficient (Wildman–Crippen LogP) is 0.381. The number of rotatable bonds is 5. The van der Waals surface area contributed by atoms with E-state index in [2.05, 4.69) is 19.8 Å². The Kier molecular flexibility index (Phi) is 3.44. The van der Waals surface area contributed by atoms with Gasteiger partial charge in [0.1, 0.15) is 5.01 Å². The zero-order chi connectivity index (χ0) is 15.4. The number of aryl methyl sites for hydroxylation is 1. The summed E-state index contributed by atoms with van der Waals surface area (Å²) < 4.78 is 32.7. The van der Waals surface area contributed by atoms with Crippen molar-refractivity contribution in [2.45, 2.75) is 25.0 Å². The van der Waals surface area contributed by atoms with E-state index in [1.807, 2.05) is 6.92 Å².